The van der Waals surface area contributed by atoms with E-state index in [2.05, 4.69) is 47.1 Å². The van der Waals surface area contributed by atoms with Crippen LogP contribution in [0.2, 0.25) is 0 Å². The van der Waals surface area contributed by atoms with Gasteiger partial charge in [-0.05, 0) is 106 Å². The third-order valence-electron chi connectivity index (χ3n) is 10.8. The van der Waals surface area contributed by atoms with Crippen LogP contribution in [-0.4, -0.2) is 61.9 Å². The van der Waals surface area contributed by atoms with Crippen molar-refractivity contribution in [1.82, 2.24) is 30.3 Å². The van der Waals surface area contributed by atoms with Crippen molar-refractivity contribution < 1.29 is 24.0 Å². The zero-order chi connectivity index (χ0) is 34.7. The average molecular weight is 664 g/mol. The number of aromatic nitrogens is 3. The molecule has 2 heterocycles. The Balaban J connectivity index is 1.26. The number of nitrogens with one attached hydrogen (secondary N) is 4. The molecule has 0 radical (unpaired) electrons. The second-order valence-corrected chi connectivity index (χ2v) is 14.6. The number of fused-ring (bicyclic) bond motifs is 1. The molecule has 3 saturated carbocycles. The Morgan fingerprint density at radius 2 is 1.69 bits per heavy atom. The minimum Gasteiger partial charge on any atom is -0.350 e. The molecule has 3 fully saturated rings. The van der Waals surface area contributed by atoms with Gasteiger partial charge in [0.1, 0.15) is 24.0 Å². The summed E-state index contributed by atoms with van der Waals surface area (Å²) in [7, 11) is 1.64. The number of carbonyl (C=O) groups is 5. The van der Waals surface area contributed by atoms with Gasteiger partial charge in [-0.3, -0.25) is 33.4 Å². The van der Waals surface area contributed by atoms with E-state index in [-0.39, 0.29) is 48.8 Å². The highest BCUT2D eigenvalue weighted by molar-refractivity contribution is 6.36. The fraction of sp³-hybridized carbons (Fsp3) is 0.629. The van der Waals surface area contributed by atoms with E-state index >= 15 is 0 Å². The molecule has 5 atom stereocenters. The van der Waals surface area contributed by atoms with Gasteiger partial charge < -0.3 is 25.8 Å². The Bertz CT molecular complexity index is 1590. The topological polar surface area (TPSA) is 173 Å². The molecule has 0 aliphatic heterocycles. The average Bonchev–Trinajstić information content (AvgIpc) is 3.47. The molecule has 0 saturated heterocycles. The first kappa shape index (κ1) is 35.0. The number of hydrogen-bond acceptors (Lipinski definition) is 7. The molecule has 2 bridgehead atoms. The Morgan fingerprint density at radius 1 is 1.00 bits per heavy atom. The molecule has 4 N–H and O–H groups in total. The van der Waals surface area contributed by atoms with Crippen LogP contribution in [0.1, 0.15) is 83.1 Å². The van der Waals surface area contributed by atoms with Crippen LogP contribution in [0, 0.1) is 35.5 Å². The number of likely N-dealkylation sites (N-methyl/N-ethyl adjacent to an activating group) is 1. The molecule has 260 valence electrons. The Hall–Kier alpha value is -4.29. The Morgan fingerprint density at radius 3 is 2.31 bits per heavy atom. The summed E-state index contributed by atoms with van der Waals surface area (Å²) in [4.78, 5) is 77.4. The molecular weight excluding hydrogens is 614 g/mol. The van der Waals surface area contributed by atoms with Crippen molar-refractivity contribution in [3.8, 4) is 0 Å². The summed E-state index contributed by atoms with van der Waals surface area (Å²) < 4.78 is 2.68. The van der Waals surface area contributed by atoms with Crippen LogP contribution in [0.5, 0.6) is 0 Å². The molecule has 0 spiro atoms. The van der Waals surface area contributed by atoms with Crippen molar-refractivity contribution in [1.29, 1.82) is 0 Å². The number of anilines is 1. The van der Waals surface area contributed by atoms with Crippen LogP contribution < -0.4 is 26.8 Å². The van der Waals surface area contributed by atoms with Crippen molar-refractivity contribution in [3.63, 3.8) is 0 Å². The standard InChI is InChI=1S/C35H49N7O6/c1-6-36-33(47)29(43)10-9-26(37-32(46)27-11-13-41(5)40-27)31(45)38-28-8-7-12-42(34(28)48)19-30(44)39-35(4)17-24-20(2)14-22-15-21(3)25(18-35)23(24)16-22/h7-8,11-13,20-26H,6,9-10,14-19H2,1-5H3,(H,36,47)(H,37,46)(H,38,45)(H,39,44). The number of Topliss-reactive ketones (excluding diaryl/α,β-unsaturated/α-hetero) is 1. The number of aryl methyl sites for hydroxylation is 1. The number of ketones is 1. The SMILES string of the molecule is CCNC(=O)C(=O)CCC(NC(=O)c1ccn(C)n1)C(=O)Nc1cccn(CC(=O)NC2(C)CC3C(C)CC4CC(C)C(C2)C3C4)c1=O. The van der Waals surface area contributed by atoms with E-state index < -0.39 is 35.1 Å². The van der Waals surface area contributed by atoms with Crippen molar-refractivity contribution >= 4 is 35.1 Å². The van der Waals surface area contributed by atoms with E-state index in [1.807, 2.05) is 0 Å². The lowest BCUT2D eigenvalue weighted by atomic mass is 9.49. The molecule has 4 amide bonds. The summed E-state index contributed by atoms with van der Waals surface area (Å²) in [6.07, 6.45) is 8.24. The largest absolute Gasteiger partial charge is 0.350 e. The third kappa shape index (κ3) is 7.87. The Labute approximate surface area is 281 Å². The van der Waals surface area contributed by atoms with Gasteiger partial charge in [-0.15, -0.1) is 0 Å². The molecule has 2 aromatic rings. The second kappa shape index (κ2) is 14.4. The highest BCUT2D eigenvalue weighted by atomic mass is 16.2. The highest BCUT2D eigenvalue weighted by Crippen LogP contribution is 2.58. The van der Waals surface area contributed by atoms with Gasteiger partial charge in [0.2, 0.25) is 17.6 Å². The van der Waals surface area contributed by atoms with Crippen molar-refractivity contribution in [2.45, 2.75) is 90.8 Å². The van der Waals surface area contributed by atoms with Crippen LogP contribution in [-0.2, 0) is 32.8 Å². The van der Waals surface area contributed by atoms with Crippen molar-refractivity contribution in [2.24, 2.45) is 42.6 Å². The number of carbonyl (C=O) groups excluding carboxylic acids is 5. The van der Waals surface area contributed by atoms with E-state index in [1.54, 1.807) is 26.2 Å². The summed E-state index contributed by atoms with van der Waals surface area (Å²) in [5, 5.41) is 14.9. The number of rotatable bonds is 12. The third-order valence-corrected chi connectivity index (χ3v) is 10.8. The molecular formula is C35H49N7O6. The number of amides is 4. The van der Waals surface area contributed by atoms with Crippen LogP contribution in [0.15, 0.2) is 35.4 Å². The summed E-state index contributed by atoms with van der Waals surface area (Å²) in [6.45, 7) is 8.58. The lowest BCUT2D eigenvalue weighted by Crippen LogP contribution is -2.58. The number of nitrogens with zero attached hydrogens (tertiary/aromatic N) is 3. The lowest BCUT2D eigenvalue weighted by Gasteiger charge is -2.58. The van der Waals surface area contributed by atoms with Crippen LogP contribution in [0.25, 0.3) is 0 Å². The maximum absolute atomic E-state index is 13.4. The quantitative estimate of drug-likeness (QED) is 0.253. The van der Waals surface area contributed by atoms with Gasteiger partial charge in [0.15, 0.2) is 0 Å². The van der Waals surface area contributed by atoms with Gasteiger partial charge in [-0.1, -0.05) is 13.8 Å². The first-order chi connectivity index (χ1) is 22.8. The second-order valence-electron chi connectivity index (χ2n) is 14.6. The number of hydrogen-bond donors (Lipinski definition) is 4. The maximum atomic E-state index is 13.4. The van der Waals surface area contributed by atoms with Gasteiger partial charge in [0.05, 0.1) is 0 Å². The maximum Gasteiger partial charge on any atom is 0.287 e. The molecule has 13 nitrogen and oxygen atoms in total. The fourth-order valence-corrected chi connectivity index (χ4v) is 8.71. The fourth-order valence-electron chi connectivity index (χ4n) is 8.71. The predicted octanol–water partition coefficient (Wildman–Crippen LogP) is 2.41. The molecule has 13 heteroatoms. The van der Waals surface area contributed by atoms with Crippen LogP contribution in [0.4, 0.5) is 5.69 Å². The molecule has 0 aromatic carbocycles. The minimum absolute atomic E-state index is 0.0562. The van der Waals surface area contributed by atoms with Gasteiger partial charge in [-0.2, -0.15) is 5.10 Å². The molecule has 2 aromatic heterocycles. The lowest BCUT2D eigenvalue weighted by molar-refractivity contribution is -0.138. The zero-order valence-corrected chi connectivity index (χ0v) is 28.6. The van der Waals surface area contributed by atoms with Crippen LogP contribution >= 0.6 is 0 Å². The van der Waals surface area contributed by atoms with Crippen molar-refractivity contribution in [3.05, 3.63) is 46.6 Å². The van der Waals surface area contributed by atoms with Gasteiger partial charge in [-0.25, -0.2) is 0 Å². The summed E-state index contributed by atoms with van der Waals surface area (Å²) >= 11 is 0. The number of pyridine rings is 1. The van der Waals surface area contributed by atoms with Gasteiger partial charge in [0, 0.05) is 37.9 Å². The molecule has 5 rings (SSSR count). The van der Waals surface area contributed by atoms with E-state index in [1.165, 1.54) is 46.8 Å². The molecule has 3 aliphatic carbocycles. The highest BCUT2D eigenvalue weighted by Gasteiger charge is 2.52. The summed E-state index contributed by atoms with van der Waals surface area (Å²) in [5.74, 6) is 0.774. The molecule has 3 aliphatic rings. The predicted molar refractivity (Wildman–Crippen MR) is 179 cm³/mol. The summed E-state index contributed by atoms with van der Waals surface area (Å²) in [6, 6.07) is 3.18. The summed E-state index contributed by atoms with van der Waals surface area (Å²) in [5.41, 5.74) is -0.984. The zero-order valence-electron chi connectivity index (χ0n) is 28.6. The first-order valence-electron chi connectivity index (χ1n) is 17.2. The van der Waals surface area contributed by atoms with E-state index in [4.69, 9.17) is 0 Å². The molecule has 5 unspecified atom stereocenters. The molecule has 48 heavy (non-hydrogen) atoms. The van der Waals surface area contributed by atoms with Crippen molar-refractivity contribution in [2.75, 3.05) is 11.9 Å². The van der Waals surface area contributed by atoms with Gasteiger partial charge >= 0.3 is 0 Å². The monoisotopic (exact) mass is 663 g/mol. The first-order valence-corrected chi connectivity index (χ1v) is 17.2. The smallest absolute Gasteiger partial charge is 0.287 e. The van der Waals surface area contributed by atoms with Crippen LogP contribution in [0.3, 0.4) is 0 Å². The van der Waals surface area contributed by atoms with Gasteiger partial charge in [0.25, 0.3) is 17.4 Å². The minimum atomic E-state index is -1.26. The van der Waals surface area contributed by atoms with E-state index in [0.717, 1.165) is 24.7 Å². The Kier molecular flexibility index (Phi) is 10.5. The van der Waals surface area contributed by atoms with E-state index in [9.17, 15) is 28.8 Å². The normalized spacial score (nSPS) is 28.1. The van der Waals surface area contributed by atoms with E-state index in [0.29, 0.717) is 23.7 Å².